The predicted octanol–water partition coefficient (Wildman–Crippen LogP) is 2.69. The minimum Gasteiger partial charge on any atom is -0.105 e. The van der Waals surface area contributed by atoms with E-state index in [1.54, 1.807) is 0 Å². The molecule has 0 heterocycles. The van der Waals surface area contributed by atoms with Crippen molar-refractivity contribution in [3.05, 3.63) is 12.2 Å². The molecule has 0 spiro atoms. The van der Waals surface area contributed by atoms with E-state index in [9.17, 15) is 0 Å². The first-order valence-corrected chi connectivity index (χ1v) is 5.77. The van der Waals surface area contributed by atoms with Crippen LogP contribution in [0.25, 0.3) is 0 Å². The molecule has 66 valence electrons. The van der Waals surface area contributed by atoms with E-state index in [4.69, 9.17) is 23.2 Å². The Hall–Kier alpha value is 0.537. The SMILES string of the molecule is CC=CCCC(C)([SiH3])C(Cl)Cl. The molecule has 3 heteroatoms. The van der Waals surface area contributed by atoms with E-state index in [1.165, 1.54) is 0 Å². The zero-order valence-corrected chi connectivity index (χ0v) is 10.9. The topological polar surface area (TPSA) is 0 Å². The van der Waals surface area contributed by atoms with E-state index in [-0.39, 0.29) is 9.87 Å². The zero-order valence-electron chi connectivity index (χ0n) is 7.40. The lowest BCUT2D eigenvalue weighted by molar-refractivity contribution is 0.602. The average Bonchev–Trinajstić information content (AvgIpc) is 1.88. The fraction of sp³-hybridized carbons (Fsp3) is 0.750. The van der Waals surface area contributed by atoms with Crippen molar-refractivity contribution in [2.75, 3.05) is 0 Å². The van der Waals surface area contributed by atoms with Crippen LogP contribution in [0.3, 0.4) is 0 Å². The summed E-state index contributed by atoms with van der Waals surface area (Å²) in [6, 6.07) is 0. The standard InChI is InChI=1S/C8H16Cl2Si/c1-3-4-5-6-8(2,11)7(9)10/h3-4,7H,5-6H2,1-2,11H3. The highest BCUT2D eigenvalue weighted by Gasteiger charge is 2.24. The van der Waals surface area contributed by atoms with Gasteiger partial charge in [-0.05, 0) is 24.8 Å². The lowest BCUT2D eigenvalue weighted by atomic mass is 10.1. The van der Waals surface area contributed by atoms with Crippen LogP contribution in [0.15, 0.2) is 12.2 Å². The van der Waals surface area contributed by atoms with Crippen LogP contribution in [-0.2, 0) is 0 Å². The highest BCUT2D eigenvalue weighted by molar-refractivity contribution is 6.48. The Morgan fingerprint density at radius 3 is 2.45 bits per heavy atom. The molecule has 0 nitrogen and oxygen atoms in total. The number of rotatable bonds is 4. The van der Waals surface area contributed by atoms with Gasteiger partial charge >= 0.3 is 0 Å². The number of allylic oxidation sites excluding steroid dienone is 2. The molecule has 0 N–H and O–H groups in total. The molecule has 0 aliphatic rings. The first-order chi connectivity index (χ1) is 5.00. The number of hydrogen-bond acceptors (Lipinski definition) is 0. The Morgan fingerprint density at radius 1 is 1.55 bits per heavy atom. The van der Waals surface area contributed by atoms with Gasteiger partial charge in [0.2, 0.25) is 0 Å². The maximum atomic E-state index is 5.82. The third-order valence-corrected chi connectivity index (χ3v) is 4.77. The quantitative estimate of drug-likeness (QED) is 0.381. The highest BCUT2D eigenvalue weighted by atomic mass is 35.5. The first kappa shape index (κ1) is 11.5. The molecule has 0 amide bonds. The molecule has 11 heavy (non-hydrogen) atoms. The molecule has 0 rings (SSSR count). The van der Waals surface area contributed by atoms with Gasteiger partial charge < -0.3 is 0 Å². The van der Waals surface area contributed by atoms with Crippen LogP contribution >= 0.6 is 23.2 Å². The van der Waals surface area contributed by atoms with E-state index in [1.807, 2.05) is 6.92 Å². The summed E-state index contributed by atoms with van der Waals surface area (Å²) in [5, 5.41) is 0.169. The molecular weight excluding hydrogens is 195 g/mol. The van der Waals surface area contributed by atoms with Crippen LogP contribution in [0.4, 0.5) is 0 Å². The monoisotopic (exact) mass is 210 g/mol. The third kappa shape index (κ3) is 4.89. The van der Waals surface area contributed by atoms with Crippen LogP contribution in [0, 0.1) is 0 Å². The summed E-state index contributed by atoms with van der Waals surface area (Å²) < 4.78 is 0. The van der Waals surface area contributed by atoms with Crippen LogP contribution in [0.1, 0.15) is 26.7 Å². The van der Waals surface area contributed by atoms with E-state index in [0.29, 0.717) is 0 Å². The van der Waals surface area contributed by atoms with E-state index < -0.39 is 0 Å². The fourth-order valence-electron chi connectivity index (χ4n) is 0.731. The van der Waals surface area contributed by atoms with Gasteiger partial charge in [-0.3, -0.25) is 0 Å². The second-order valence-electron chi connectivity index (χ2n) is 3.40. The Balaban J connectivity index is 3.73. The Labute approximate surface area is 82.4 Å². The molecule has 0 aromatic carbocycles. The number of alkyl halides is 2. The van der Waals surface area contributed by atoms with Gasteiger partial charge in [0.1, 0.15) is 4.84 Å². The lowest BCUT2D eigenvalue weighted by Crippen LogP contribution is -2.15. The van der Waals surface area contributed by atoms with E-state index in [2.05, 4.69) is 19.1 Å². The van der Waals surface area contributed by atoms with Crippen molar-refractivity contribution in [1.82, 2.24) is 0 Å². The summed E-state index contributed by atoms with van der Waals surface area (Å²) in [4.78, 5) is -0.209. The van der Waals surface area contributed by atoms with Gasteiger partial charge in [0, 0.05) is 10.2 Å². The van der Waals surface area contributed by atoms with Crippen LogP contribution in [-0.4, -0.2) is 15.1 Å². The smallest absolute Gasteiger partial charge is 0.105 e. The van der Waals surface area contributed by atoms with Gasteiger partial charge in [0.05, 0.1) is 0 Å². The molecule has 1 unspecified atom stereocenters. The molecule has 0 aliphatic carbocycles. The van der Waals surface area contributed by atoms with Gasteiger partial charge in [-0.25, -0.2) is 0 Å². The Kier molecular flexibility index (Phi) is 5.49. The van der Waals surface area contributed by atoms with Gasteiger partial charge in [-0.1, -0.05) is 19.1 Å². The Morgan fingerprint density at radius 2 is 2.09 bits per heavy atom. The van der Waals surface area contributed by atoms with E-state index >= 15 is 0 Å². The number of halogens is 2. The largest absolute Gasteiger partial charge is 0.109 e. The molecule has 1 atom stereocenters. The number of hydrogen-bond donors (Lipinski definition) is 0. The van der Waals surface area contributed by atoms with Crippen molar-refractivity contribution >= 4 is 33.4 Å². The highest BCUT2D eigenvalue weighted by Crippen LogP contribution is 2.37. The minimum absolute atomic E-state index is 0.169. The summed E-state index contributed by atoms with van der Waals surface area (Å²) >= 11 is 11.6. The van der Waals surface area contributed by atoms with Crippen LogP contribution in [0.2, 0.25) is 5.04 Å². The van der Waals surface area contributed by atoms with Gasteiger partial charge in [0.15, 0.2) is 0 Å². The van der Waals surface area contributed by atoms with Gasteiger partial charge in [-0.2, -0.15) is 0 Å². The van der Waals surface area contributed by atoms with Crippen molar-refractivity contribution in [3.8, 4) is 0 Å². The van der Waals surface area contributed by atoms with Gasteiger partial charge in [0.25, 0.3) is 0 Å². The summed E-state index contributed by atoms with van der Waals surface area (Å²) in [6.45, 7) is 4.18. The zero-order chi connectivity index (χ0) is 8.91. The molecule has 0 aliphatic heterocycles. The van der Waals surface area contributed by atoms with Crippen molar-refractivity contribution in [1.29, 1.82) is 0 Å². The van der Waals surface area contributed by atoms with Crippen LogP contribution in [0.5, 0.6) is 0 Å². The molecule has 0 saturated heterocycles. The second kappa shape index (κ2) is 5.23. The molecule has 0 fully saturated rings. The first-order valence-electron chi connectivity index (χ1n) is 3.90. The van der Waals surface area contributed by atoms with Crippen LogP contribution < -0.4 is 0 Å². The second-order valence-corrected chi connectivity index (χ2v) is 6.78. The fourth-order valence-corrected chi connectivity index (χ4v) is 1.24. The Bertz CT molecular complexity index is 130. The molecule has 0 saturated carbocycles. The summed E-state index contributed by atoms with van der Waals surface area (Å²) in [5.41, 5.74) is 0. The van der Waals surface area contributed by atoms with Crippen molar-refractivity contribution < 1.29 is 0 Å². The summed E-state index contributed by atoms with van der Waals surface area (Å²) in [5.74, 6) is 0. The van der Waals surface area contributed by atoms with E-state index in [0.717, 1.165) is 23.1 Å². The average molecular weight is 211 g/mol. The molecule has 0 aromatic heterocycles. The molecule has 0 aromatic rings. The van der Waals surface area contributed by atoms with Crippen molar-refractivity contribution in [2.24, 2.45) is 0 Å². The minimum atomic E-state index is -0.209. The summed E-state index contributed by atoms with van der Waals surface area (Å²) in [6.07, 6.45) is 6.41. The molecule has 0 bridgehead atoms. The van der Waals surface area contributed by atoms with Crippen molar-refractivity contribution in [3.63, 3.8) is 0 Å². The predicted molar refractivity (Wildman–Crippen MR) is 57.8 cm³/mol. The third-order valence-electron chi connectivity index (χ3n) is 1.78. The van der Waals surface area contributed by atoms with Gasteiger partial charge in [-0.15, -0.1) is 23.2 Å². The summed E-state index contributed by atoms with van der Waals surface area (Å²) in [7, 11) is 1.05. The maximum absolute atomic E-state index is 5.82. The maximum Gasteiger partial charge on any atom is 0.109 e. The molecule has 0 radical (unpaired) electrons. The lowest BCUT2D eigenvalue weighted by Gasteiger charge is -2.24. The molecular formula is C8H16Cl2Si. The van der Waals surface area contributed by atoms with Crippen molar-refractivity contribution in [2.45, 2.75) is 36.6 Å². The normalized spacial score (nSPS) is 17.9.